The zero-order valence-electron chi connectivity index (χ0n) is 13.7. The van der Waals surface area contributed by atoms with Crippen LogP contribution in [0.2, 0.25) is 0 Å². The van der Waals surface area contributed by atoms with E-state index in [-0.39, 0.29) is 18.7 Å². The number of aliphatic hydroxyl groups is 1. The summed E-state index contributed by atoms with van der Waals surface area (Å²) in [7, 11) is 0. The second kappa shape index (κ2) is 6.97. The summed E-state index contributed by atoms with van der Waals surface area (Å²) in [6.45, 7) is 9.44. The molecule has 2 fully saturated rings. The summed E-state index contributed by atoms with van der Waals surface area (Å²) in [6.07, 6.45) is 4.76. The molecule has 1 saturated heterocycles. The van der Waals surface area contributed by atoms with Gasteiger partial charge in [0.05, 0.1) is 12.1 Å². The molecule has 3 atom stereocenters. The smallest absolute Gasteiger partial charge is 0.315 e. The maximum absolute atomic E-state index is 12.1. The number of rotatable bonds is 6. The van der Waals surface area contributed by atoms with Crippen molar-refractivity contribution in [3.05, 3.63) is 0 Å². The number of carbonyl (C=O) groups is 1. The second-order valence-electron chi connectivity index (χ2n) is 7.36. The lowest BCUT2D eigenvalue weighted by atomic mass is 9.97. The summed E-state index contributed by atoms with van der Waals surface area (Å²) in [4.78, 5) is 14.6. The summed E-state index contributed by atoms with van der Waals surface area (Å²) in [6, 6.07) is -0.0338. The zero-order chi connectivity index (χ0) is 15.5. The predicted molar refractivity (Wildman–Crippen MR) is 84.2 cm³/mol. The van der Waals surface area contributed by atoms with Crippen molar-refractivity contribution < 1.29 is 9.90 Å². The summed E-state index contributed by atoms with van der Waals surface area (Å²) in [5.74, 6) is 1.18. The first-order chi connectivity index (χ1) is 9.93. The average molecular weight is 297 g/mol. The van der Waals surface area contributed by atoms with Crippen molar-refractivity contribution in [3.63, 3.8) is 0 Å². The number of hydrogen-bond acceptors (Lipinski definition) is 3. The minimum Gasteiger partial charge on any atom is -0.394 e. The molecule has 1 aliphatic carbocycles. The van der Waals surface area contributed by atoms with E-state index in [1.54, 1.807) is 0 Å². The number of carbonyl (C=O) groups excluding carboxylic acids is 1. The van der Waals surface area contributed by atoms with Gasteiger partial charge in [-0.2, -0.15) is 0 Å². The Hall–Kier alpha value is -0.810. The lowest BCUT2D eigenvalue weighted by Gasteiger charge is -2.34. The van der Waals surface area contributed by atoms with Crippen molar-refractivity contribution in [2.75, 3.05) is 26.2 Å². The summed E-state index contributed by atoms with van der Waals surface area (Å²) >= 11 is 0. The van der Waals surface area contributed by atoms with E-state index in [4.69, 9.17) is 0 Å². The van der Waals surface area contributed by atoms with Crippen LogP contribution < -0.4 is 10.6 Å². The third-order valence-electron chi connectivity index (χ3n) is 4.86. The highest BCUT2D eigenvalue weighted by Gasteiger charge is 2.42. The molecule has 5 heteroatoms. The monoisotopic (exact) mass is 297 g/mol. The van der Waals surface area contributed by atoms with Gasteiger partial charge in [-0.1, -0.05) is 6.92 Å². The van der Waals surface area contributed by atoms with Crippen LogP contribution >= 0.6 is 0 Å². The fourth-order valence-corrected chi connectivity index (χ4v) is 3.40. The molecule has 3 N–H and O–H groups in total. The van der Waals surface area contributed by atoms with Gasteiger partial charge in [0.25, 0.3) is 0 Å². The first-order valence-electron chi connectivity index (χ1n) is 8.35. The Morgan fingerprint density at radius 3 is 2.71 bits per heavy atom. The molecule has 0 aromatic rings. The number of urea groups is 1. The van der Waals surface area contributed by atoms with Crippen molar-refractivity contribution in [1.29, 1.82) is 0 Å². The van der Waals surface area contributed by atoms with E-state index in [1.807, 2.05) is 13.8 Å². The molecule has 0 bridgehead atoms. The fourth-order valence-electron chi connectivity index (χ4n) is 3.40. The first-order valence-corrected chi connectivity index (χ1v) is 8.35. The average Bonchev–Trinajstić information content (AvgIpc) is 3.22. The SMILES string of the molecule is CC1CCCN(CC(C)NC(=O)NC(C)(CO)C2CC2)C1. The van der Waals surface area contributed by atoms with Crippen LogP contribution in [0.3, 0.4) is 0 Å². The van der Waals surface area contributed by atoms with Crippen molar-refractivity contribution in [2.24, 2.45) is 11.8 Å². The molecule has 1 saturated carbocycles. The Balaban J connectivity index is 1.73. The molecule has 0 aromatic carbocycles. The van der Waals surface area contributed by atoms with Gasteiger partial charge in [0.2, 0.25) is 0 Å². The van der Waals surface area contributed by atoms with E-state index >= 15 is 0 Å². The normalized spacial score (nSPS) is 27.7. The van der Waals surface area contributed by atoms with Crippen molar-refractivity contribution in [3.8, 4) is 0 Å². The lowest BCUT2D eigenvalue weighted by molar-refractivity contribution is 0.148. The van der Waals surface area contributed by atoms with Crippen molar-refractivity contribution >= 4 is 6.03 Å². The minimum atomic E-state index is -0.469. The van der Waals surface area contributed by atoms with Gasteiger partial charge in [-0.15, -0.1) is 0 Å². The number of likely N-dealkylation sites (tertiary alicyclic amines) is 1. The molecule has 2 rings (SSSR count). The molecule has 2 aliphatic rings. The zero-order valence-corrected chi connectivity index (χ0v) is 13.7. The van der Waals surface area contributed by atoms with Gasteiger partial charge < -0.3 is 20.6 Å². The van der Waals surface area contributed by atoms with E-state index in [0.29, 0.717) is 5.92 Å². The number of piperidine rings is 1. The van der Waals surface area contributed by atoms with Gasteiger partial charge in [0.1, 0.15) is 0 Å². The van der Waals surface area contributed by atoms with Crippen LogP contribution in [-0.2, 0) is 0 Å². The van der Waals surface area contributed by atoms with Crippen LogP contribution in [0.25, 0.3) is 0 Å². The van der Waals surface area contributed by atoms with Gasteiger partial charge in [0, 0.05) is 19.1 Å². The molecule has 1 heterocycles. The Kier molecular flexibility index (Phi) is 5.49. The Labute approximate surface area is 128 Å². The summed E-state index contributed by atoms with van der Waals surface area (Å²) in [5, 5.41) is 15.5. The van der Waals surface area contributed by atoms with Crippen molar-refractivity contribution in [2.45, 2.75) is 58.0 Å². The number of nitrogens with zero attached hydrogens (tertiary/aromatic N) is 1. The van der Waals surface area contributed by atoms with Crippen LogP contribution in [0.1, 0.15) is 46.5 Å². The maximum atomic E-state index is 12.1. The number of amides is 2. The van der Waals surface area contributed by atoms with Crippen LogP contribution in [-0.4, -0.2) is 53.9 Å². The van der Waals surface area contributed by atoms with Crippen molar-refractivity contribution in [1.82, 2.24) is 15.5 Å². The van der Waals surface area contributed by atoms with Gasteiger partial charge in [-0.25, -0.2) is 4.79 Å². The Bertz CT molecular complexity index is 359. The van der Waals surface area contributed by atoms with Gasteiger partial charge in [-0.05, 0) is 57.9 Å². The highest BCUT2D eigenvalue weighted by atomic mass is 16.3. The molecule has 1 aliphatic heterocycles. The van der Waals surface area contributed by atoms with Gasteiger partial charge in [-0.3, -0.25) is 0 Å². The fraction of sp³-hybridized carbons (Fsp3) is 0.938. The summed E-state index contributed by atoms with van der Waals surface area (Å²) < 4.78 is 0. The third-order valence-corrected chi connectivity index (χ3v) is 4.86. The van der Waals surface area contributed by atoms with Gasteiger partial charge >= 0.3 is 6.03 Å². The van der Waals surface area contributed by atoms with Crippen LogP contribution in [0.4, 0.5) is 4.79 Å². The molecule has 2 amide bonds. The van der Waals surface area contributed by atoms with E-state index in [0.717, 1.165) is 38.4 Å². The molecule has 3 unspecified atom stereocenters. The largest absolute Gasteiger partial charge is 0.394 e. The first kappa shape index (κ1) is 16.6. The van der Waals surface area contributed by atoms with E-state index < -0.39 is 5.54 Å². The molecule has 0 spiro atoms. The van der Waals surface area contributed by atoms with Crippen LogP contribution in [0.15, 0.2) is 0 Å². The van der Waals surface area contributed by atoms with Crippen LogP contribution in [0.5, 0.6) is 0 Å². The van der Waals surface area contributed by atoms with Crippen LogP contribution in [0, 0.1) is 11.8 Å². The summed E-state index contributed by atoms with van der Waals surface area (Å²) in [5.41, 5.74) is -0.469. The molecular formula is C16H31N3O2. The molecule has 0 radical (unpaired) electrons. The predicted octanol–water partition coefficient (Wildman–Crippen LogP) is 1.57. The topological polar surface area (TPSA) is 64.6 Å². The number of nitrogens with one attached hydrogen (secondary N) is 2. The minimum absolute atomic E-state index is 0.00308. The second-order valence-corrected chi connectivity index (χ2v) is 7.36. The quantitative estimate of drug-likeness (QED) is 0.697. The molecule has 21 heavy (non-hydrogen) atoms. The molecule has 122 valence electrons. The number of hydrogen-bond donors (Lipinski definition) is 3. The van der Waals surface area contributed by atoms with E-state index in [2.05, 4.69) is 22.5 Å². The Morgan fingerprint density at radius 2 is 2.14 bits per heavy atom. The number of aliphatic hydroxyl groups excluding tert-OH is 1. The highest BCUT2D eigenvalue weighted by molar-refractivity contribution is 5.75. The molecular weight excluding hydrogens is 266 g/mol. The third kappa shape index (κ3) is 4.85. The van der Waals surface area contributed by atoms with E-state index in [9.17, 15) is 9.90 Å². The van der Waals surface area contributed by atoms with Gasteiger partial charge in [0.15, 0.2) is 0 Å². The molecule has 5 nitrogen and oxygen atoms in total. The standard InChI is InChI=1S/C16H31N3O2/c1-12-5-4-8-19(9-12)10-13(2)17-15(21)18-16(3,11-20)14-6-7-14/h12-14,20H,4-11H2,1-3H3,(H2,17,18,21). The lowest BCUT2D eigenvalue weighted by Crippen LogP contribution is -2.56. The Morgan fingerprint density at radius 1 is 1.43 bits per heavy atom. The highest BCUT2D eigenvalue weighted by Crippen LogP contribution is 2.39. The van der Waals surface area contributed by atoms with E-state index in [1.165, 1.54) is 12.8 Å². The maximum Gasteiger partial charge on any atom is 0.315 e. The molecule has 0 aromatic heterocycles.